The summed E-state index contributed by atoms with van der Waals surface area (Å²) in [6, 6.07) is 4.76. The molecule has 1 N–H and O–H groups in total. The molecule has 2 aromatic rings. The fourth-order valence-corrected chi connectivity index (χ4v) is 4.34. The van der Waals surface area contributed by atoms with Crippen LogP contribution in [0.3, 0.4) is 0 Å². The van der Waals surface area contributed by atoms with E-state index in [0.29, 0.717) is 16.7 Å². The minimum Gasteiger partial charge on any atom is -0.339 e. The van der Waals surface area contributed by atoms with Crippen molar-refractivity contribution >= 4 is 11.8 Å². The Morgan fingerprint density at radius 2 is 1.78 bits per heavy atom. The molecular weight excluding hydrogens is 404 g/mol. The zero-order chi connectivity index (χ0) is 22.6. The van der Waals surface area contributed by atoms with Crippen LogP contribution in [0.4, 0.5) is 0 Å². The van der Waals surface area contributed by atoms with Gasteiger partial charge in [0.25, 0.3) is 17.4 Å². The van der Waals surface area contributed by atoms with Crippen molar-refractivity contribution in [1.29, 1.82) is 0 Å². The Morgan fingerprint density at radius 3 is 2.50 bits per heavy atom. The van der Waals surface area contributed by atoms with Crippen molar-refractivity contribution in [2.45, 2.75) is 50.5 Å². The molecule has 2 aliphatic rings. The van der Waals surface area contributed by atoms with E-state index in [4.69, 9.17) is 0 Å². The summed E-state index contributed by atoms with van der Waals surface area (Å²) >= 11 is 0. The molecule has 32 heavy (non-hydrogen) atoms. The molecule has 7 nitrogen and oxygen atoms in total. The molecule has 0 spiro atoms. The fourth-order valence-electron chi connectivity index (χ4n) is 4.34. The second kappa shape index (κ2) is 9.39. The molecule has 2 amide bonds. The largest absolute Gasteiger partial charge is 0.339 e. The average Bonchev–Trinajstić information content (AvgIpc) is 3.35. The fraction of sp³-hybridized carbons (Fsp3) is 0.440. The molecule has 0 atom stereocenters. The standard InChI is InChI=1S/C25H28N4O3/c1-28-14-8-20(16-22(28)30)23(31)27-25(9-3-2-4-10-25)11-7-19-15-21(18-26-17-19)24(32)29-12-5-6-13-29/h8,14-18H,2-6,9-10,12-13H2,1H3,(H,27,31). The number of likely N-dealkylation sites (tertiary alicyclic amines) is 1. The van der Waals surface area contributed by atoms with Crippen LogP contribution in [0.5, 0.6) is 0 Å². The van der Waals surface area contributed by atoms with Gasteiger partial charge in [-0.05, 0) is 37.8 Å². The van der Waals surface area contributed by atoms with Crippen LogP contribution in [0.2, 0.25) is 0 Å². The summed E-state index contributed by atoms with van der Waals surface area (Å²) in [6.45, 7) is 1.57. The Balaban J connectivity index is 1.56. The van der Waals surface area contributed by atoms with Gasteiger partial charge in [-0.2, -0.15) is 0 Å². The number of rotatable bonds is 3. The maximum absolute atomic E-state index is 12.9. The molecule has 1 saturated heterocycles. The van der Waals surface area contributed by atoms with Crippen LogP contribution in [-0.2, 0) is 7.05 Å². The van der Waals surface area contributed by atoms with Gasteiger partial charge in [-0.25, -0.2) is 0 Å². The van der Waals surface area contributed by atoms with E-state index in [2.05, 4.69) is 22.1 Å². The molecule has 1 aliphatic heterocycles. The maximum Gasteiger partial charge on any atom is 0.255 e. The lowest BCUT2D eigenvalue weighted by Gasteiger charge is -2.33. The first-order valence-corrected chi connectivity index (χ1v) is 11.2. The lowest BCUT2D eigenvalue weighted by atomic mass is 9.81. The first-order chi connectivity index (χ1) is 15.5. The van der Waals surface area contributed by atoms with E-state index >= 15 is 0 Å². The number of hydrogen-bond acceptors (Lipinski definition) is 4. The van der Waals surface area contributed by atoms with Gasteiger partial charge in [-0.3, -0.25) is 19.4 Å². The number of aromatic nitrogens is 2. The maximum atomic E-state index is 12.9. The molecule has 1 saturated carbocycles. The summed E-state index contributed by atoms with van der Waals surface area (Å²) in [5, 5.41) is 3.09. The van der Waals surface area contributed by atoms with Gasteiger partial charge >= 0.3 is 0 Å². The number of nitrogens with one attached hydrogen (secondary N) is 1. The van der Waals surface area contributed by atoms with Crippen molar-refractivity contribution in [3.05, 3.63) is 63.8 Å². The van der Waals surface area contributed by atoms with E-state index in [0.717, 1.165) is 58.0 Å². The van der Waals surface area contributed by atoms with Gasteiger partial charge in [-0.1, -0.05) is 31.1 Å². The van der Waals surface area contributed by atoms with Crippen LogP contribution in [-0.4, -0.2) is 44.9 Å². The van der Waals surface area contributed by atoms with Crippen molar-refractivity contribution in [3.63, 3.8) is 0 Å². The Kier molecular flexibility index (Phi) is 6.40. The molecule has 0 aromatic carbocycles. The second-order valence-corrected chi connectivity index (χ2v) is 8.67. The van der Waals surface area contributed by atoms with Gasteiger partial charge in [0.15, 0.2) is 0 Å². The van der Waals surface area contributed by atoms with Gasteiger partial charge in [-0.15, -0.1) is 0 Å². The highest BCUT2D eigenvalue weighted by molar-refractivity contribution is 5.95. The summed E-state index contributed by atoms with van der Waals surface area (Å²) in [5.41, 5.74) is 0.640. The molecule has 2 aromatic heterocycles. The number of amides is 2. The van der Waals surface area contributed by atoms with Crippen molar-refractivity contribution in [2.24, 2.45) is 7.05 Å². The molecule has 4 rings (SSSR count). The van der Waals surface area contributed by atoms with Crippen LogP contribution in [0.25, 0.3) is 0 Å². The Bertz CT molecular complexity index is 1130. The molecule has 1 aliphatic carbocycles. The van der Waals surface area contributed by atoms with E-state index in [1.165, 1.54) is 10.6 Å². The van der Waals surface area contributed by atoms with Crippen LogP contribution >= 0.6 is 0 Å². The normalized spacial score (nSPS) is 17.3. The second-order valence-electron chi connectivity index (χ2n) is 8.67. The monoisotopic (exact) mass is 432 g/mol. The van der Waals surface area contributed by atoms with E-state index < -0.39 is 5.54 Å². The summed E-state index contributed by atoms with van der Waals surface area (Å²) in [7, 11) is 1.65. The Labute approximate surface area is 187 Å². The van der Waals surface area contributed by atoms with Crippen molar-refractivity contribution < 1.29 is 9.59 Å². The number of aryl methyl sites for hydroxylation is 1. The van der Waals surface area contributed by atoms with Gasteiger partial charge in [0.2, 0.25) is 0 Å². The highest BCUT2D eigenvalue weighted by atomic mass is 16.2. The molecule has 7 heteroatoms. The number of pyridine rings is 2. The zero-order valence-electron chi connectivity index (χ0n) is 18.4. The smallest absolute Gasteiger partial charge is 0.255 e. The molecular formula is C25H28N4O3. The number of hydrogen-bond donors (Lipinski definition) is 1. The molecule has 166 valence electrons. The summed E-state index contributed by atoms with van der Waals surface area (Å²) in [4.78, 5) is 43.6. The number of carbonyl (C=O) groups is 2. The summed E-state index contributed by atoms with van der Waals surface area (Å²) in [6.07, 6.45) is 11.4. The third-order valence-electron chi connectivity index (χ3n) is 6.25. The quantitative estimate of drug-likeness (QED) is 0.756. The molecule has 0 radical (unpaired) electrons. The first-order valence-electron chi connectivity index (χ1n) is 11.2. The SMILES string of the molecule is Cn1ccc(C(=O)NC2(C#Cc3cncc(C(=O)N4CCCC4)c3)CCCCC2)cc1=O. The van der Waals surface area contributed by atoms with E-state index in [-0.39, 0.29) is 17.4 Å². The van der Waals surface area contributed by atoms with Gasteiger partial charge in [0.05, 0.1) is 5.56 Å². The highest BCUT2D eigenvalue weighted by Gasteiger charge is 2.32. The van der Waals surface area contributed by atoms with Crippen LogP contribution in [0.15, 0.2) is 41.6 Å². The third-order valence-corrected chi connectivity index (χ3v) is 6.25. The van der Waals surface area contributed by atoms with E-state index in [9.17, 15) is 14.4 Å². The van der Waals surface area contributed by atoms with Crippen molar-refractivity contribution in [3.8, 4) is 11.8 Å². The van der Waals surface area contributed by atoms with Crippen molar-refractivity contribution in [2.75, 3.05) is 13.1 Å². The predicted molar refractivity (Wildman–Crippen MR) is 121 cm³/mol. The average molecular weight is 433 g/mol. The summed E-state index contributed by atoms with van der Waals surface area (Å²) in [5.74, 6) is 6.13. The minimum atomic E-state index is -0.661. The third kappa shape index (κ3) is 4.91. The zero-order valence-corrected chi connectivity index (χ0v) is 18.4. The molecule has 2 fully saturated rings. The first kappa shape index (κ1) is 21.8. The number of nitrogens with zero attached hydrogens (tertiary/aromatic N) is 3. The molecule has 0 unspecified atom stereocenters. The lowest BCUT2D eigenvalue weighted by Crippen LogP contribution is -2.49. The van der Waals surface area contributed by atoms with E-state index in [1.54, 1.807) is 37.8 Å². The molecule has 0 bridgehead atoms. The van der Waals surface area contributed by atoms with Gasteiger partial charge < -0.3 is 14.8 Å². The lowest BCUT2D eigenvalue weighted by molar-refractivity contribution is 0.0792. The molecule has 3 heterocycles. The Morgan fingerprint density at radius 1 is 1.03 bits per heavy atom. The minimum absolute atomic E-state index is 0.00927. The predicted octanol–water partition coefficient (Wildman–Crippen LogP) is 2.50. The Hall–Kier alpha value is -3.40. The van der Waals surface area contributed by atoms with Gasteiger partial charge in [0, 0.05) is 55.9 Å². The van der Waals surface area contributed by atoms with Crippen LogP contribution in [0, 0.1) is 11.8 Å². The summed E-state index contributed by atoms with van der Waals surface area (Å²) < 4.78 is 1.43. The highest BCUT2D eigenvalue weighted by Crippen LogP contribution is 2.28. The topological polar surface area (TPSA) is 84.3 Å². The van der Waals surface area contributed by atoms with Crippen molar-refractivity contribution in [1.82, 2.24) is 19.8 Å². The van der Waals surface area contributed by atoms with Crippen LogP contribution < -0.4 is 10.9 Å². The van der Waals surface area contributed by atoms with Gasteiger partial charge in [0.1, 0.15) is 5.54 Å². The van der Waals surface area contributed by atoms with Crippen LogP contribution in [0.1, 0.15) is 71.2 Å². The number of carbonyl (C=O) groups excluding carboxylic acids is 2. The van der Waals surface area contributed by atoms with E-state index in [1.807, 2.05) is 4.90 Å².